The molecule has 0 bridgehead atoms. The Morgan fingerprint density at radius 3 is 2.47 bits per heavy atom. The van der Waals surface area contributed by atoms with E-state index in [2.05, 4.69) is 6.08 Å². The molecule has 1 aliphatic rings. The van der Waals surface area contributed by atoms with E-state index in [-0.39, 0.29) is 19.2 Å². The largest absolute Gasteiger partial charge is 0.493 e. The highest BCUT2D eigenvalue weighted by atomic mass is 16.6. The third-order valence-corrected chi connectivity index (χ3v) is 6.22. The Kier molecular flexibility index (Phi) is 6.85. The summed E-state index contributed by atoms with van der Waals surface area (Å²) < 4.78 is 22.1. The summed E-state index contributed by atoms with van der Waals surface area (Å²) in [5, 5.41) is 0.803. The maximum atomic E-state index is 13.3. The summed E-state index contributed by atoms with van der Waals surface area (Å²) in [4.78, 5) is 18.2. The van der Waals surface area contributed by atoms with Crippen molar-refractivity contribution in [1.82, 2.24) is 4.98 Å². The van der Waals surface area contributed by atoms with Gasteiger partial charge in [0.25, 0.3) is 0 Å². The predicted octanol–water partition coefficient (Wildman–Crippen LogP) is 5.97. The minimum Gasteiger partial charge on any atom is -0.493 e. The molecule has 1 heterocycles. The molecule has 3 aromatic carbocycles. The number of ether oxygens (including phenoxy) is 4. The molecule has 5 rings (SSSR count). The third kappa shape index (κ3) is 4.75. The summed E-state index contributed by atoms with van der Waals surface area (Å²) in [7, 11) is 3.24. The molecule has 0 amide bonds. The fourth-order valence-corrected chi connectivity index (χ4v) is 4.54. The molecule has 0 saturated heterocycles. The minimum absolute atomic E-state index is 0.160. The van der Waals surface area contributed by atoms with Gasteiger partial charge in [-0.15, -0.1) is 0 Å². The first-order chi connectivity index (χ1) is 17.7. The monoisotopic (exact) mass is 481 g/mol. The summed E-state index contributed by atoms with van der Waals surface area (Å²) in [6.07, 6.45) is 3.60. The molecule has 0 radical (unpaired) electrons. The van der Waals surface area contributed by atoms with E-state index >= 15 is 0 Å². The lowest BCUT2D eigenvalue weighted by atomic mass is 10.0. The second-order valence-corrected chi connectivity index (χ2v) is 8.41. The van der Waals surface area contributed by atoms with Crippen molar-refractivity contribution in [2.45, 2.75) is 12.8 Å². The fraction of sp³-hybridized carbons (Fsp3) is 0.200. The van der Waals surface area contributed by atoms with Crippen molar-refractivity contribution >= 4 is 28.5 Å². The van der Waals surface area contributed by atoms with Crippen LogP contribution in [-0.2, 0) is 11.2 Å². The van der Waals surface area contributed by atoms with Gasteiger partial charge in [0.2, 0.25) is 0 Å². The lowest BCUT2D eigenvalue weighted by Crippen LogP contribution is -2.15. The van der Waals surface area contributed by atoms with Gasteiger partial charge in [-0.2, -0.15) is 0 Å². The minimum atomic E-state index is -0.353. The number of hydrogen-bond donors (Lipinski definition) is 0. The molecule has 182 valence electrons. The topological polar surface area (TPSA) is 66.9 Å². The number of hydrogen-bond acceptors (Lipinski definition) is 6. The van der Waals surface area contributed by atoms with Crippen molar-refractivity contribution in [1.29, 1.82) is 0 Å². The van der Waals surface area contributed by atoms with Crippen molar-refractivity contribution < 1.29 is 23.7 Å². The highest BCUT2D eigenvalue weighted by molar-refractivity contribution is 6.07. The van der Waals surface area contributed by atoms with Crippen LogP contribution in [0.25, 0.3) is 22.6 Å². The summed E-state index contributed by atoms with van der Waals surface area (Å²) in [5.41, 5.74) is 5.18. The van der Waals surface area contributed by atoms with E-state index in [9.17, 15) is 4.79 Å². The standard InChI is InChI=1S/C30H27NO5/c1-33-26-15-12-20(19-27(26)34-2)18-21-13-14-24-28(23-10-6-7-11-25(23)31-29(21)24)30(32)36-17-16-35-22-8-4-3-5-9-22/h3-12,15,18-19H,13-14,16-17H2,1-2H3. The van der Waals surface area contributed by atoms with Gasteiger partial charge >= 0.3 is 5.97 Å². The van der Waals surface area contributed by atoms with Crippen molar-refractivity contribution in [3.63, 3.8) is 0 Å². The van der Waals surface area contributed by atoms with Crippen LogP contribution in [-0.4, -0.2) is 38.4 Å². The molecular weight excluding hydrogens is 454 g/mol. The normalized spacial score (nSPS) is 13.4. The third-order valence-electron chi connectivity index (χ3n) is 6.22. The second kappa shape index (κ2) is 10.5. The van der Waals surface area contributed by atoms with Gasteiger partial charge in [-0.05, 0) is 65.9 Å². The molecule has 0 saturated carbocycles. The van der Waals surface area contributed by atoms with E-state index < -0.39 is 0 Å². The first-order valence-electron chi connectivity index (χ1n) is 11.9. The Labute approximate surface area is 210 Å². The van der Waals surface area contributed by atoms with Crippen LogP contribution in [0.4, 0.5) is 0 Å². The molecule has 1 aromatic heterocycles. The Hall–Kier alpha value is -4.32. The average molecular weight is 482 g/mol. The second-order valence-electron chi connectivity index (χ2n) is 8.41. The Bertz CT molecular complexity index is 1430. The van der Waals surface area contributed by atoms with Crippen LogP contribution in [0.3, 0.4) is 0 Å². The molecule has 0 unspecified atom stereocenters. The fourth-order valence-electron chi connectivity index (χ4n) is 4.54. The molecule has 6 heteroatoms. The zero-order valence-corrected chi connectivity index (χ0v) is 20.3. The Balaban J connectivity index is 1.43. The summed E-state index contributed by atoms with van der Waals surface area (Å²) in [6, 6.07) is 23.0. The van der Waals surface area contributed by atoms with Gasteiger partial charge in [-0.3, -0.25) is 0 Å². The van der Waals surface area contributed by atoms with Crippen LogP contribution >= 0.6 is 0 Å². The molecule has 6 nitrogen and oxygen atoms in total. The maximum Gasteiger partial charge on any atom is 0.339 e. The molecular formula is C30H27NO5. The number of benzene rings is 3. The van der Waals surface area contributed by atoms with E-state index in [0.29, 0.717) is 17.1 Å². The van der Waals surface area contributed by atoms with Gasteiger partial charge in [-0.25, -0.2) is 9.78 Å². The van der Waals surface area contributed by atoms with Gasteiger partial charge in [0.05, 0.1) is 31.0 Å². The zero-order valence-electron chi connectivity index (χ0n) is 20.3. The molecule has 36 heavy (non-hydrogen) atoms. The predicted molar refractivity (Wildman–Crippen MR) is 140 cm³/mol. The number of fused-ring (bicyclic) bond motifs is 2. The van der Waals surface area contributed by atoms with Crippen LogP contribution in [0.1, 0.15) is 33.6 Å². The summed E-state index contributed by atoms with van der Waals surface area (Å²) in [6.45, 7) is 0.443. The lowest BCUT2D eigenvalue weighted by Gasteiger charge is -2.13. The van der Waals surface area contributed by atoms with Gasteiger partial charge < -0.3 is 18.9 Å². The molecule has 0 aliphatic heterocycles. The molecule has 0 spiro atoms. The van der Waals surface area contributed by atoms with Crippen LogP contribution in [0.15, 0.2) is 72.8 Å². The number of nitrogens with zero attached hydrogens (tertiary/aromatic N) is 1. The van der Waals surface area contributed by atoms with E-state index in [0.717, 1.165) is 51.9 Å². The smallest absolute Gasteiger partial charge is 0.339 e. The van der Waals surface area contributed by atoms with E-state index in [1.165, 1.54) is 0 Å². The summed E-state index contributed by atoms with van der Waals surface area (Å²) in [5.74, 6) is 1.73. The molecule has 0 atom stereocenters. The highest BCUT2D eigenvalue weighted by Crippen LogP contribution is 2.38. The number of allylic oxidation sites excluding steroid dienone is 1. The number of rotatable bonds is 8. The zero-order chi connectivity index (χ0) is 24.9. The number of carbonyl (C=O) groups is 1. The maximum absolute atomic E-state index is 13.3. The number of aromatic nitrogens is 1. The van der Waals surface area contributed by atoms with Crippen LogP contribution in [0.2, 0.25) is 0 Å². The van der Waals surface area contributed by atoms with E-state index in [1.54, 1.807) is 14.2 Å². The number of para-hydroxylation sites is 2. The van der Waals surface area contributed by atoms with E-state index in [1.807, 2.05) is 72.8 Å². The Morgan fingerprint density at radius 1 is 0.889 bits per heavy atom. The first kappa shape index (κ1) is 23.4. The number of carbonyl (C=O) groups excluding carboxylic acids is 1. The first-order valence-corrected chi connectivity index (χ1v) is 11.9. The van der Waals surface area contributed by atoms with Crippen LogP contribution in [0, 0.1) is 0 Å². The van der Waals surface area contributed by atoms with Crippen molar-refractivity contribution in [3.05, 3.63) is 95.2 Å². The van der Waals surface area contributed by atoms with Gasteiger partial charge in [-0.1, -0.05) is 42.5 Å². The van der Waals surface area contributed by atoms with Crippen molar-refractivity contribution in [2.75, 3.05) is 27.4 Å². The average Bonchev–Trinajstić information content (AvgIpc) is 3.31. The van der Waals surface area contributed by atoms with Gasteiger partial charge in [0, 0.05) is 5.39 Å². The highest BCUT2D eigenvalue weighted by Gasteiger charge is 2.27. The van der Waals surface area contributed by atoms with E-state index in [4.69, 9.17) is 23.9 Å². The lowest BCUT2D eigenvalue weighted by molar-refractivity contribution is 0.0451. The number of pyridine rings is 1. The Morgan fingerprint density at radius 2 is 1.67 bits per heavy atom. The van der Waals surface area contributed by atoms with Crippen molar-refractivity contribution in [2.24, 2.45) is 0 Å². The van der Waals surface area contributed by atoms with Crippen molar-refractivity contribution in [3.8, 4) is 17.2 Å². The summed E-state index contributed by atoms with van der Waals surface area (Å²) >= 11 is 0. The SMILES string of the molecule is COc1ccc(C=C2CCc3c2nc2ccccc2c3C(=O)OCCOc2ccccc2)cc1OC. The van der Waals surface area contributed by atoms with Crippen LogP contribution < -0.4 is 14.2 Å². The molecule has 0 fully saturated rings. The molecule has 1 aliphatic carbocycles. The number of methoxy groups -OCH3 is 2. The van der Waals surface area contributed by atoms with Gasteiger partial charge in [0.1, 0.15) is 19.0 Å². The van der Waals surface area contributed by atoms with Crippen LogP contribution in [0.5, 0.6) is 17.2 Å². The quantitative estimate of drug-likeness (QED) is 0.228. The molecule has 0 N–H and O–H groups in total. The number of esters is 1. The van der Waals surface area contributed by atoms with Gasteiger partial charge in [0.15, 0.2) is 11.5 Å². The molecule has 4 aromatic rings.